The van der Waals surface area contributed by atoms with E-state index in [1.165, 1.54) is 0 Å². The van der Waals surface area contributed by atoms with Crippen LogP contribution in [0.5, 0.6) is 5.75 Å². The van der Waals surface area contributed by atoms with Gasteiger partial charge in [-0.25, -0.2) is 4.79 Å². The molecule has 1 rings (SSSR count). The quantitative estimate of drug-likeness (QED) is 0.812. The number of aryl methyl sites for hydroxylation is 1. The third-order valence-electron chi connectivity index (χ3n) is 1.71. The molecular formula is C9H10BrNO2. The lowest BCUT2D eigenvalue weighted by molar-refractivity contribution is 0.210. The third-order valence-corrected chi connectivity index (χ3v) is 2.27. The summed E-state index contributed by atoms with van der Waals surface area (Å²) in [5, 5.41) is 0.641. The second-order valence-electron chi connectivity index (χ2n) is 2.61. The molecular weight excluding hydrogens is 234 g/mol. The highest BCUT2D eigenvalue weighted by atomic mass is 79.9. The average Bonchev–Trinajstić information content (AvgIpc) is 2.03. The molecule has 0 aliphatic carbocycles. The summed E-state index contributed by atoms with van der Waals surface area (Å²) < 4.78 is 4.83. The number of nitrogens with two attached hydrogens (primary N) is 1. The number of hydrogen-bond donors (Lipinski definition) is 1. The Hall–Kier alpha value is -1.03. The van der Waals surface area contributed by atoms with Gasteiger partial charge in [0.05, 0.1) is 0 Å². The first-order valence-electron chi connectivity index (χ1n) is 3.77. The zero-order valence-electron chi connectivity index (χ0n) is 7.21. The summed E-state index contributed by atoms with van der Waals surface area (Å²) >= 11 is 3.32. The first-order chi connectivity index (χ1) is 6.15. The second kappa shape index (κ2) is 4.28. The van der Waals surface area contributed by atoms with Crippen molar-refractivity contribution in [3.8, 4) is 5.75 Å². The van der Waals surface area contributed by atoms with Gasteiger partial charge in [-0.15, -0.1) is 0 Å². The maximum Gasteiger partial charge on any atom is 0.409 e. The number of halogens is 1. The summed E-state index contributed by atoms with van der Waals surface area (Å²) in [6, 6.07) is 5.48. The van der Waals surface area contributed by atoms with Gasteiger partial charge in [-0.2, -0.15) is 0 Å². The second-order valence-corrected chi connectivity index (χ2v) is 3.17. The minimum absolute atomic E-state index is 0.518. The number of alkyl halides is 1. The molecule has 0 fully saturated rings. The van der Waals surface area contributed by atoms with Gasteiger partial charge in [0, 0.05) is 10.9 Å². The van der Waals surface area contributed by atoms with Crippen LogP contribution in [0.3, 0.4) is 0 Å². The molecule has 0 bridgehead atoms. The van der Waals surface area contributed by atoms with E-state index in [1.54, 1.807) is 6.07 Å². The van der Waals surface area contributed by atoms with Crippen molar-refractivity contribution in [2.75, 3.05) is 0 Å². The lowest BCUT2D eigenvalue weighted by Gasteiger charge is -2.08. The number of ether oxygens (including phenoxy) is 1. The Kier molecular flexibility index (Phi) is 3.31. The molecule has 3 nitrogen and oxygen atoms in total. The molecule has 0 heterocycles. The van der Waals surface area contributed by atoms with Crippen molar-refractivity contribution in [2.24, 2.45) is 5.73 Å². The molecule has 13 heavy (non-hydrogen) atoms. The lowest BCUT2D eigenvalue weighted by Crippen LogP contribution is -2.17. The van der Waals surface area contributed by atoms with Gasteiger partial charge in [-0.1, -0.05) is 28.1 Å². The first-order valence-corrected chi connectivity index (χ1v) is 4.89. The van der Waals surface area contributed by atoms with Crippen LogP contribution in [0.2, 0.25) is 0 Å². The normalized spacial score (nSPS) is 9.69. The molecule has 2 N–H and O–H groups in total. The predicted molar refractivity (Wildman–Crippen MR) is 54.0 cm³/mol. The summed E-state index contributed by atoms with van der Waals surface area (Å²) in [6.45, 7) is 1.95. The highest BCUT2D eigenvalue weighted by molar-refractivity contribution is 9.08. The number of hydrogen-bond acceptors (Lipinski definition) is 2. The Morgan fingerprint density at radius 3 is 2.85 bits per heavy atom. The van der Waals surface area contributed by atoms with E-state index in [9.17, 15) is 4.79 Å². The monoisotopic (exact) mass is 243 g/mol. The fourth-order valence-electron chi connectivity index (χ4n) is 1.05. The van der Waals surface area contributed by atoms with E-state index in [4.69, 9.17) is 10.5 Å². The molecule has 1 aromatic carbocycles. The summed E-state index contributed by atoms with van der Waals surface area (Å²) in [6.07, 6.45) is -0.784. The Labute approximate surface area is 85.0 Å². The van der Waals surface area contributed by atoms with Crippen molar-refractivity contribution in [1.82, 2.24) is 0 Å². The molecule has 0 radical (unpaired) electrons. The molecule has 0 aliphatic heterocycles. The van der Waals surface area contributed by atoms with Gasteiger partial charge in [-0.05, 0) is 18.6 Å². The van der Waals surface area contributed by atoms with Crippen molar-refractivity contribution in [1.29, 1.82) is 0 Å². The molecule has 0 aliphatic rings. The van der Waals surface area contributed by atoms with Crippen LogP contribution in [-0.2, 0) is 5.33 Å². The highest BCUT2D eigenvalue weighted by Gasteiger charge is 2.07. The van der Waals surface area contributed by atoms with Crippen LogP contribution in [0.15, 0.2) is 18.2 Å². The number of benzene rings is 1. The van der Waals surface area contributed by atoms with Crippen LogP contribution in [0.4, 0.5) is 4.79 Å². The summed E-state index contributed by atoms with van der Waals surface area (Å²) in [5.41, 5.74) is 6.93. The van der Waals surface area contributed by atoms with Gasteiger partial charge in [0.2, 0.25) is 0 Å². The zero-order valence-corrected chi connectivity index (χ0v) is 8.80. The predicted octanol–water partition coefficient (Wildman–Crippen LogP) is 2.35. The van der Waals surface area contributed by atoms with Gasteiger partial charge in [-0.3, -0.25) is 0 Å². The number of carbonyl (C=O) groups is 1. The van der Waals surface area contributed by atoms with Gasteiger partial charge in [0.1, 0.15) is 5.75 Å². The first kappa shape index (κ1) is 10.1. The Morgan fingerprint density at radius 1 is 1.62 bits per heavy atom. The Balaban J connectivity index is 3.05. The Morgan fingerprint density at radius 2 is 2.31 bits per heavy atom. The van der Waals surface area contributed by atoms with E-state index in [0.29, 0.717) is 11.1 Å². The van der Waals surface area contributed by atoms with E-state index < -0.39 is 6.09 Å². The minimum atomic E-state index is -0.784. The van der Waals surface area contributed by atoms with Crippen LogP contribution >= 0.6 is 15.9 Å². The SMILES string of the molecule is Cc1cccc(OC(N)=O)c1CBr. The number of rotatable bonds is 2. The van der Waals surface area contributed by atoms with Gasteiger partial charge in [0.25, 0.3) is 0 Å². The molecule has 4 heteroatoms. The molecule has 70 valence electrons. The van der Waals surface area contributed by atoms with E-state index in [0.717, 1.165) is 11.1 Å². The smallest absolute Gasteiger partial charge is 0.409 e. The summed E-state index contributed by atoms with van der Waals surface area (Å²) in [5.74, 6) is 0.518. The maximum atomic E-state index is 10.5. The number of carbonyl (C=O) groups excluding carboxylic acids is 1. The molecule has 0 spiro atoms. The number of primary amides is 1. The van der Waals surface area contributed by atoms with Crippen molar-refractivity contribution < 1.29 is 9.53 Å². The third kappa shape index (κ3) is 2.45. The minimum Gasteiger partial charge on any atom is -0.410 e. The molecule has 0 unspecified atom stereocenters. The molecule has 1 amide bonds. The molecule has 0 saturated carbocycles. The van der Waals surface area contributed by atoms with Crippen LogP contribution in [0.25, 0.3) is 0 Å². The summed E-state index contributed by atoms with van der Waals surface area (Å²) in [4.78, 5) is 10.5. The molecule has 0 atom stereocenters. The van der Waals surface area contributed by atoms with E-state index in [2.05, 4.69) is 15.9 Å². The van der Waals surface area contributed by atoms with Crippen molar-refractivity contribution >= 4 is 22.0 Å². The molecule has 0 saturated heterocycles. The van der Waals surface area contributed by atoms with Gasteiger partial charge >= 0.3 is 6.09 Å². The van der Waals surface area contributed by atoms with Gasteiger partial charge < -0.3 is 10.5 Å². The van der Waals surface area contributed by atoms with Crippen LogP contribution < -0.4 is 10.5 Å². The van der Waals surface area contributed by atoms with Crippen molar-refractivity contribution in [3.63, 3.8) is 0 Å². The summed E-state index contributed by atoms with van der Waals surface area (Å²) in [7, 11) is 0. The van der Waals surface area contributed by atoms with Crippen LogP contribution in [0, 0.1) is 6.92 Å². The molecule has 1 aromatic rings. The topological polar surface area (TPSA) is 52.3 Å². The van der Waals surface area contributed by atoms with Crippen molar-refractivity contribution in [3.05, 3.63) is 29.3 Å². The highest BCUT2D eigenvalue weighted by Crippen LogP contribution is 2.24. The fourth-order valence-corrected chi connectivity index (χ4v) is 1.77. The van der Waals surface area contributed by atoms with E-state index in [1.807, 2.05) is 19.1 Å². The van der Waals surface area contributed by atoms with Crippen LogP contribution in [0.1, 0.15) is 11.1 Å². The largest absolute Gasteiger partial charge is 0.410 e. The Bertz CT molecular complexity index is 325. The maximum absolute atomic E-state index is 10.5. The lowest BCUT2D eigenvalue weighted by atomic mass is 10.1. The van der Waals surface area contributed by atoms with Gasteiger partial charge in [0.15, 0.2) is 0 Å². The molecule has 0 aromatic heterocycles. The standard InChI is InChI=1S/C9H10BrNO2/c1-6-3-2-4-8(7(6)5-10)13-9(11)12/h2-4H,5H2,1H3,(H2,11,12). The fraction of sp³-hybridized carbons (Fsp3) is 0.222. The zero-order chi connectivity index (χ0) is 9.84. The average molecular weight is 244 g/mol. The number of amides is 1. The van der Waals surface area contributed by atoms with E-state index in [-0.39, 0.29) is 0 Å². The van der Waals surface area contributed by atoms with Crippen LogP contribution in [-0.4, -0.2) is 6.09 Å². The van der Waals surface area contributed by atoms with E-state index >= 15 is 0 Å². The van der Waals surface area contributed by atoms with Crippen molar-refractivity contribution in [2.45, 2.75) is 12.3 Å².